The molecule has 1 atom stereocenters. The summed E-state index contributed by atoms with van der Waals surface area (Å²) in [6, 6.07) is 0. The number of hydrogen-bond donors (Lipinski definition) is 0. The summed E-state index contributed by atoms with van der Waals surface area (Å²) in [5.41, 5.74) is 0. The summed E-state index contributed by atoms with van der Waals surface area (Å²) in [6.07, 6.45) is 65.4. The van der Waals surface area contributed by atoms with Gasteiger partial charge in [-0.1, -0.05) is 188 Å². The van der Waals surface area contributed by atoms with Gasteiger partial charge in [-0.15, -0.1) is 0 Å². The van der Waals surface area contributed by atoms with E-state index in [2.05, 4.69) is 130 Å². The van der Waals surface area contributed by atoms with Gasteiger partial charge in [-0.3, -0.25) is 14.4 Å². The second kappa shape index (κ2) is 48.7. The molecule has 344 valence electrons. The first-order valence-corrected chi connectivity index (χ1v) is 24.4. The normalized spacial score (nSPS) is 13.0. The summed E-state index contributed by atoms with van der Waals surface area (Å²) in [5.74, 6) is -1.00. The predicted molar refractivity (Wildman–Crippen MR) is 260 cm³/mol. The molecule has 0 heterocycles. The molecule has 0 amide bonds. The first-order chi connectivity index (χ1) is 30.0. The molecule has 0 aliphatic heterocycles. The van der Waals surface area contributed by atoms with E-state index in [1.807, 2.05) is 0 Å². The third kappa shape index (κ3) is 47.0. The molecule has 6 heteroatoms. The Morgan fingerprint density at radius 1 is 0.344 bits per heavy atom. The van der Waals surface area contributed by atoms with E-state index in [0.29, 0.717) is 19.3 Å². The van der Waals surface area contributed by atoms with Crippen molar-refractivity contribution in [1.82, 2.24) is 0 Å². The quantitative estimate of drug-likeness (QED) is 0.0264. The van der Waals surface area contributed by atoms with Crippen LogP contribution in [0.5, 0.6) is 0 Å². The van der Waals surface area contributed by atoms with Crippen LogP contribution in [0.25, 0.3) is 0 Å². The summed E-state index contributed by atoms with van der Waals surface area (Å²) >= 11 is 0. The molecule has 0 aliphatic carbocycles. The molecule has 0 spiro atoms. The van der Waals surface area contributed by atoms with Crippen molar-refractivity contribution in [2.75, 3.05) is 13.2 Å². The molecule has 0 radical (unpaired) electrons. The topological polar surface area (TPSA) is 78.9 Å². The maximum atomic E-state index is 12.7. The van der Waals surface area contributed by atoms with Crippen molar-refractivity contribution in [1.29, 1.82) is 0 Å². The van der Waals surface area contributed by atoms with Crippen LogP contribution >= 0.6 is 0 Å². The van der Waals surface area contributed by atoms with E-state index < -0.39 is 6.10 Å². The predicted octanol–water partition coefficient (Wildman–Crippen LogP) is 16.0. The van der Waals surface area contributed by atoms with E-state index >= 15 is 0 Å². The molecule has 61 heavy (non-hydrogen) atoms. The SMILES string of the molecule is CC/C=C\C/C=C\C/C=C\C/C=C\C/C=C\C/C=C\C/C=C\CCCC(=O)OCC(COC(=O)CCCCCCC)OC(=O)CCCCCCC/C=C\C/C=C\CCCCC. The maximum absolute atomic E-state index is 12.7. The van der Waals surface area contributed by atoms with Crippen LogP contribution in [0.15, 0.2) is 109 Å². The lowest BCUT2D eigenvalue weighted by Crippen LogP contribution is -2.30. The second-order valence-electron chi connectivity index (χ2n) is 15.6. The van der Waals surface area contributed by atoms with Gasteiger partial charge in [0.05, 0.1) is 0 Å². The lowest BCUT2D eigenvalue weighted by Gasteiger charge is -2.18. The van der Waals surface area contributed by atoms with Gasteiger partial charge in [0.15, 0.2) is 6.10 Å². The van der Waals surface area contributed by atoms with Crippen LogP contribution in [0.1, 0.15) is 201 Å². The van der Waals surface area contributed by atoms with Gasteiger partial charge in [0.2, 0.25) is 0 Å². The van der Waals surface area contributed by atoms with Crippen molar-refractivity contribution in [3.8, 4) is 0 Å². The van der Waals surface area contributed by atoms with Gasteiger partial charge in [-0.2, -0.15) is 0 Å². The van der Waals surface area contributed by atoms with Crippen molar-refractivity contribution in [2.24, 2.45) is 0 Å². The third-order valence-corrected chi connectivity index (χ3v) is 9.76. The summed E-state index contributed by atoms with van der Waals surface area (Å²) in [7, 11) is 0. The van der Waals surface area contributed by atoms with E-state index in [9.17, 15) is 14.4 Å². The summed E-state index contributed by atoms with van der Waals surface area (Å²) in [6.45, 7) is 6.32. The minimum Gasteiger partial charge on any atom is -0.462 e. The molecule has 0 bridgehead atoms. The lowest BCUT2D eigenvalue weighted by atomic mass is 10.1. The van der Waals surface area contributed by atoms with Crippen LogP contribution in [0.4, 0.5) is 0 Å². The zero-order valence-corrected chi connectivity index (χ0v) is 39.1. The van der Waals surface area contributed by atoms with Crippen molar-refractivity contribution < 1.29 is 28.6 Å². The Hall–Kier alpha value is -3.93. The monoisotopic (exact) mass is 845 g/mol. The highest BCUT2D eigenvalue weighted by Gasteiger charge is 2.19. The minimum atomic E-state index is -0.806. The number of esters is 3. The zero-order valence-electron chi connectivity index (χ0n) is 39.1. The van der Waals surface area contributed by atoms with Gasteiger partial charge >= 0.3 is 17.9 Å². The van der Waals surface area contributed by atoms with Gasteiger partial charge in [0.1, 0.15) is 13.2 Å². The smallest absolute Gasteiger partial charge is 0.306 e. The Kier molecular flexibility index (Phi) is 45.6. The number of carbonyl (C=O) groups is 3. The average Bonchev–Trinajstić information content (AvgIpc) is 3.26. The van der Waals surface area contributed by atoms with Crippen molar-refractivity contribution >= 4 is 17.9 Å². The highest BCUT2D eigenvalue weighted by atomic mass is 16.6. The standard InChI is InChI=1S/C55H88O6/c1-4-7-10-13-15-17-19-21-23-24-25-26-27-28-29-30-32-33-35-37-39-42-45-48-54(57)60-51-52(50-59-53(56)47-44-41-12-9-6-3)61-55(58)49-46-43-40-38-36-34-31-22-20-18-16-14-11-8-5-2/h7,10,15-18,21-23,25-26,28-29,31-33,37,39,52H,4-6,8-9,11-14,19-20,24,27,30,34-36,38,40-51H2,1-3H3/b10-7-,17-15-,18-16-,23-21-,26-25-,29-28-,31-22-,33-32-,39-37-. The Labute approximate surface area is 374 Å². The molecule has 0 rings (SSSR count). The Morgan fingerprint density at radius 3 is 1.10 bits per heavy atom. The molecule has 6 nitrogen and oxygen atoms in total. The molecular formula is C55H88O6. The van der Waals surface area contributed by atoms with Crippen LogP contribution in [0.2, 0.25) is 0 Å². The van der Waals surface area contributed by atoms with Crippen LogP contribution < -0.4 is 0 Å². The minimum absolute atomic E-state index is 0.105. The third-order valence-electron chi connectivity index (χ3n) is 9.76. The van der Waals surface area contributed by atoms with Crippen LogP contribution in [0.3, 0.4) is 0 Å². The van der Waals surface area contributed by atoms with Gasteiger partial charge < -0.3 is 14.2 Å². The molecule has 1 unspecified atom stereocenters. The second-order valence-corrected chi connectivity index (χ2v) is 15.6. The van der Waals surface area contributed by atoms with Gasteiger partial charge in [0, 0.05) is 19.3 Å². The molecule has 0 aliphatic rings. The number of unbranched alkanes of at least 4 members (excludes halogenated alkanes) is 13. The summed E-state index contributed by atoms with van der Waals surface area (Å²) in [4.78, 5) is 37.6. The largest absolute Gasteiger partial charge is 0.462 e. The Balaban J connectivity index is 4.33. The summed E-state index contributed by atoms with van der Waals surface area (Å²) < 4.78 is 16.6. The first kappa shape index (κ1) is 57.1. The maximum Gasteiger partial charge on any atom is 0.306 e. The molecule has 0 saturated carbocycles. The van der Waals surface area contributed by atoms with E-state index in [1.54, 1.807) is 0 Å². The zero-order chi connectivity index (χ0) is 44.4. The van der Waals surface area contributed by atoms with Crippen molar-refractivity contribution in [2.45, 2.75) is 207 Å². The molecule has 0 saturated heterocycles. The van der Waals surface area contributed by atoms with Crippen LogP contribution in [0, 0.1) is 0 Å². The molecule has 0 N–H and O–H groups in total. The Bertz CT molecular complexity index is 1290. The van der Waals surface area contributed by atoms with E-state index in [-0.39, 0.29) is 37.5 Å². The number of carbonyl (C=O) groups excluding carboxylic acids is 3. The van der Waals surface area contributed by atoms with Gasteiger partial charge in [-0.05, 0) is 103 Å². The Morgan fingerprint density at radius 2 is 0.656 bits per heavy atom. The number of rotatable bonds is 42. The fraction of sp³-hybridized carbons (Fsp3) is 0.618. The molecule has 0 aromatic heterocycles. The highest BCUT2D eigenvalue weighted by Crippen LogP contribution is 2.12. The van der Waals surface area contributed by atoms with E-state index in [0.717, 1.165) is 128 Å². The van der Waals surface area contributed by atoms with Crippen molar-refractivity contribution in [3.63, 3.8) is 0 Å². The van der Waals surface area contributed by atoms with Crippen LogP contribution in [-0.2, 0) is 28.6 Å². The average molecular weight is 845 g/mol. The highest BCUT2D eigenvalue weighted by molar-refractivity contribution is 5.71. The lowest BCUT2D eigenvalue weighted by molar-refractivity contribution is -0.167. The fourth-order valence-corrected chi connectivity index (χ4v) is 6.11. The van der Waals surface area contributed by atoms with Crippen LogP contribution in [-0.4, -0.2) is 37.2 Å². The van der Waals surface area contributed by atoms with Crippen molar-refractivity contribution in [3.05, 3.63) is 109 Å². The molecule has 0 fully saturated rings. The van der Waals surface area contributed by atoms with Gasteiger partial charge in [0.25, 0.3) is 0 Å². The number of ether oxygens (including phenoxy) is 3. The van der Waals surface area contributed by atoms with E-state index in [4.69, 9.17) is 14.2 Å². The number of hydrogen-bond acceptors (Lipinski definition) is 6. The number of allylic oxidation sites excluding steroid dienone is 18. The molecule has 0 aromatic carbocycles. The first-order valence-electron chi connectivity index (χ1n) is 24.4. The van der Waals surface area contributed by atoms with E-state index in [1.165, 1.54) is 25.7 Å². The summed E-state index contributed by atoms with van der Waals surface area (Å²) in [5, 5.41) is 0. The fourth-order valence-electron chi connectivity index (χ4n) is 6.11. The molecular weight excluding hydrogens is 757 g/mol. The molecule has 0 aromatic rings. The van der Waals surface area contributed by atoms with Gasteiger partial charge in [-0.25, -0.2) is 0 Å².